The highest BCUT2D eigenvalue weighted by Crippen LogP contribution is 2.52. The van der Waals surface area contributed by atoms with Crippen molar-refractivity contribution < 1.29 is 9.59 Å². The lowest BCUT2D eigenvalue weighted by atomic mass is 9.93. The number of carbonyl (C=O) groups is 2. The predicted octanol–water partition coefficient (Wildman–Crippen LogP) is 27.8. The molecule has 0 bridgehead atoms. The minimum Gasteiger partial charge on any atom is -0.306 e. The fourth-order valence-electron chi connectivity index (χ4n) is 15.0. The second-order valence-electron chi connectivity index (χ2n) is 27.7. The van der Waals surface area contributed by atoms with Gasteiger partial charge in [-0.15, -0.1) is 56.7 Å². The quantitative estimate of drug-likeness (QED) is 0.0358. The van der Waals surface area contributed by atoms with Crippen LogP contribution in [0.15, 0.2) is 120 Å². The summed E-state index contributed by atoms with van der Waals surface area (Å²) in [5, 5.41) is 7.87. The molecule has 9 aromatic rings. The minimum atomic E-state index is 0.0354. The van der Waals surface area contributed by atoms with E-state index in [1.165, 1.54) is 262 Å². The number of rotatable bonds is 41. The Bertz CT molecular complexity index is 3970. The number of fused-ring (bicyclic) bond motifs is 8. The summed E-state index contributed by atoms with van der Waals surface area (Å²) in [6.07, 6.45) is 40.3. The van der Waals surface area contributed by atoms with Crippen molar-refractivity contribution in [1.82, 2.24) is 9.80 Å². The molecule has 0 N–H and O–H groups in total. The van der Waals surface area contributed by atoms with Gasteiger partial charge in [0.1, 0.15) is 0 Å². The van der Waals surface area contributed by atoms with E-state index in [0.29, 0.717) is 36.1 Å². The molecule has 0 spiro atoms. The molecule has 494 valence electrons. The van der Waals surface area contributed by atoms with Gasteiger partial charge < -0.3 is 9.80 Å². The number of hydrogen-bond donors (Lipinski definition) is 0. The largest absolute Gasteiger partial charge is 0.306 e. The molecule has 0 saturated heterocycles. The van der Waals surface area contributed by atoms with Crippen LogP contribution in [-0.4, -0.2) is 34.7 Å². The fourth-order valence-corrected chi connectivity index (χ4v) is 20.6. The molecule has 5 aromatic heterocycles. The molecule has 0 saturated carbocycles. The first-order chi connectivity index (χ1) is 45.7. The second-order valence-corrected chi connectivity index (χ2v) is 33.3. The lowest BCUT2D eigenvalue weighted by Gasteiger charge is -2.29. The molecule has 2 atom stereocenters. The number of nitrogens with zero attached hydrogens (tertiary/aromatic N) is 2. The van der Waals surface area contributed by atoms with Crippen molar-refractivity contribution in [3.05, 3.63) is 141 Å². The Hall–Kier alpha value is -5.16. The first-order valence-electron chi connectivity index (χ1n) is 36.9. The van der Waals surface area contributed by atoms with Crippen LogP contribution in [0.5, 0.6) is 0 Å². The number of amides is 2. The van der Waals surface area contributed by atoms with Crippen LogP contribution in [0.25, 0.3) is 83.1 Å². The van der Waals surface area contributed by atoms with Gasteiger partial charge in [-0.1, -0.05) is 268 Å². The monoisotopic (exact) mass is 1330 g/mol. The molecule has 7 heterocycles. The summed E-state index contributed by atoms with van der Waals surface area (Å²) in [5.41, 5.74) is 5.56. The van der Waals surface area contributed by atoms with E-state index < -0.39 is 0 Å². The van der Waals surface area contributed by atoms with Crippen molar-refractivity contribution in [2.45, 2.75) is 247 Å². The molecule has 9 heteroatoms. The summed E-state index contributed by atoms with van der Waals surface area (Å²) in [4.78, 5) is 46.4. The van der Waals surface area contributed by atoms with E-state index in [1.54, 1.807) is 22.7 Å². The van der Waals surface area contributed by atoms with Crippen molar-refractivity contribution in [1.29, 1.82) is 0 Å². The Balaban J connectivity index is 0.945. The molecule has 2 amide bonds. The van der Waals surface area contributed by atoms with Gasteiger partial charge in [0.25, 0.3) is 11.8 Å². The van der Waals surface area contributed by atoms with Crippen LogP contribution in [0.3, 0.4) is 0 Å². The summed E-state index contributed by atoms with van der Waals surface area (Å²) in [7, 11) is 0. The first kappa shape index (κ1) is 69.2. The summed E-state index contributed by atoms with van der Waals surface area (Å²) < 4.78 is 2.72. The summed E-state index contributed by atoms with van der Waals surface area (Å²) in [5.74, 6) is 0.791. The number of benzene rings is 4. The average Bonchev–Trinajstić information content (AvgIpc) is 1.55. The lowest BCUT2D eigenvalue weighted by molar-refractivity contribution is -0.124. The van der Waals surface area contributed by atoms with E-state index in [4.69, 9.17) is 0 Å². The third-order valence-corrected chi connectivity index (χ3v) is 26.3. The van der Waals surface area contributed by atoms with Gasteiger partial charge in [-0.3, -0.25) is 9.59 Å². The molecular formula is C84H106N2O2S5. The smallest absolute Gasteiger partial charge is 0.261 e. The highest BCUT2D eigenvalue weighted by molar-refractivity contribution is 7.27. The molecule has 0 radical (unpaired) electrons. The lowest BCUT2D eigenvalue weighted by Crippen LogP contribution is -2.34. The van der Waals surface area contributed by atoms with Gasteiger partial charge in [-0.05, 0) is 133 Å². The van der Waals surface area contributed by atoms with Crippen molar-refractivity contribution in [3.63, 3.8) is 0 Å². The van der Waals surface area contributed by atoms with Crippen LogP contribution >= 0.6 is 56.7 Å². The second kappa shape index (κ2) is 34.7. The van der Waals surface area contributed by atoms with Crippen LogP contribution in [0, 0.1) is 25.7 Å². The number of thiophene rings is 5. The van der Waals surface area contributed by atoms with Crippen molar-refractivity contribution >= 4 is 122 Å². The van der Waals surface area contributed by atoms with Crippen LogP contribution in [0.1, 0.15) is 253 Å². The maximum absolute atomic E-state index is 16.3. The van der Waals surface area contributed by atoms with Gasteiger partial charge in [0, 0.05) is 62.5 Å². The Morgan fingerprint density at radius 1 is 0.323 bits per heavy atom. The topological polar surface area (TPSA) is 40.6 Å². The summed E-state index contributed by atoms with van der Waals surface area (Å²) in [6.45, 7) is 14.9. The van der Waals surface area contributed by atoms with Crippen molar-refractivity contribution in [2.75, 3.05) is 13.1 Å². The van der Waals surface area contributed by atoms with Gasteiger partial charge in [-0.2, -0.15) is 0 Å². The maximum atomic E-state index is 16.3. The zero-order valence-electron chi connectivity index (χ0n) is 57.3. The van der Waals surface area contributed by atoms with Crippen LogP contribution in [0.4, 0.5) is 0 Å². The Morgan fingerprint density at radius 3 is 1.09 bits per heavy atom. The molecule has 0 fully saturated rings. The van der Waals surface area contributed by atoms with Crippen molar-refractivity contribution in [2.24, 2.45) is 11.8 Å². The third-order valence-electron chi connectivity index (χ3n) is 20.3. The zero-order chi connectivity index (χ0) is 64.5. The van der Waals surface area contributed by atoms with E-state index in [2.05, 4.69) is 161 Å². The average molecular weight is 1340 g/mol. The predicted molar refractivity (Wildman–Crippen MR) is 413 cm³/mol. The third kappa shape index (κ3) is 17.2. The highest BCUT2D eigenvalue weighted by Gasteiger charge is 2.50. The van der Waals surface area contributed by atoms with E-state index in [-0.39, 0.29) is 11.8 Å². The zero-order valence-corrected chi connectivity index (χ0v) is 61.4. The molecule has 11 rings (SSSR count). The van der Waals surface area contributed by atoms with Crippen LogP contribution in [0.2, 0.25) is 0 Å². The molecule has 2 unspecified atom stereocenters. The number of carbonyl (C=O) groups excluding carboxylic acids is 2. The summed E-state index contributed by atoms with van der Waals surface area (Å²) in [6, 6.07) is 41.2. The van der Waals surface area contributed by atoms with E-state index in [9.17, 15) is 0 Å². The van der Waals surface area contributed by atoms with Crippen LogP contribution < -0.4 is 0 Å². The molecule has 0 aliphatic carbocycles. The normalized spacial score (nSPS) is 14.3. The SMILES string of the molecule is CCCCCCCCCCC(CCCCCCCC)CN1C(=O)C2=C(c3ccc(-c4ccc(-c5ccc6c(ccc7c8ccc9cc(C)ccc9c8sc67)c5)s4)s3)N(CC(CCCCCCCC)CCCCCCCCCC)C(=O)C2=C1c1ccc(-c2ccc(C)s2)s1. The van der Waals surface area contributed by atoms with E-state index in [0.717, 1.165) is 46.8 Å². The van der Waals surface area contributed by atoms with Crippen LogP contribution in [-0.2, 0) is 9.59 Å². The maximum Gasteiger partial charge on any atom is 0.261 e. The molecule has 2 aliphatic heterocycles. The molecule has 4 aromatic carbocycles. The van der Waals surface area contributed by atoms with Crippen molar-refractivity contribution in [3.8, 4) is 29.9 Å². The number of aryl methyl sites for hydroxylation is 2. The van der Waals surface area contributed by atoms with Gasteiger partial charge in [0.2, 0.25) is 0 Å². The molecular weight excluding hydrogens is 1230 g/mol. The minimum absolute atomic E-state index is 0.0354. The van der Waals surface area contributed by atoms with Gasteiger partial charge in [0.15, 0.2) is 0 Å². The number of unbranched alkanes of at least 4 members (excludes halogenated alkanes) is 24. The van der Waals surface area contributed by atoms with Gasteiger partial charge in [0.05, 0.1) is 32.3 Å². The van der Waals surface area contributed by atoms with Gasteiger partial charge >= 0.3 is 0 Å². The first-order valence-corrected chi connectivity index (χ1v) is 41.0. The highest BCUT2D eigenvalue weighted by atomic mass is 32.1. The Labute approximate surface area is 579 Å². The molecule has 93 heavy (non-hydrogen) atoms. The molecule has 4 nitrogen and oxygen atoms in total. The fraction of sp³-hybridized carbons (Fsp3) is 0.500. The Morgan fingerprint density at radius 2 is 0.667 bits per heavy atom. The Kier molecular flexibility index (Phi) is 25.8. The summed E-state index contributed by atoms with van der Waals surface area (Å²) >= 11 is 9.14. The van der Waals surface area contributed by atoms with E-state index >= 15 is 9.59 Å². The molecule has 2 aliphatic rings. The standard InChI is InChI=1S/C84H106N2O2S5/c1-7-11-15-19-23-25-29-33-37-61(35-31-27-21-17-13-9-3)57-85-79(75-53-51-72(91-75)71-48-40-60(6)89-71)77-78(84(85)88)80(86(83(77)87)58-62(36-32-28-22-18-14-10-4)38-34-30-26-24-20-16-12-8-2)76-54-52-74(92-76)73-50-49-70(90-73)65-43-45-67-64(56-65)42-47-69-68-46-41-63-55-59(5)39-44-66(63)81(68)93-82(67)69/h39-56,61-62H,7-38,57-58H2,1-6H3. The van der Waals surface area contributed by atoms with E-state index in [1.807, 2.05) is 34.0 Å². The van der Waals surface area contributed by atoms with Gasteiger partial charge in [-0.25, -0.2) is 0 Å². The number of hydrogen-bond acceptors (Lipinski definition) is 7.